The molecule has 18 heavy (non-hydrogen) atoms. The van der Waals surface area contributed by atoms with Gasteiger partial charge in [-0.2, -0.15) is 0 Å². The molecular weight excluding hydrogens is 337 g/mol. The molecule has 96 valence electrons. The number of carbonyl (C=O) groups excluding carboxylic acids is 1. The molecule has 0 spiro atoms. The van der Waals surface area contributed by atoms with Crippen molar-refractivity contribution >= 4 is 28.5 Å². The quantitative estimate of drug-likeness (QED) is 0.755. The van der Waals surface area contributed by atoms with Gasteiger partial charge in [0, 0.05) is 21.2 Å². The summed E-state index contributed by atoms with van der Waals surface area (Å²) in [6, 6.07) is 9.01. The molecule has 0 aliphatic heterocycles. The molecule has 0 aromatic heterocycles. The summed E-state index contributed by atoms with van der Waals surface area (Å²) in [6.45, 7) is 0. The highest BCUT2D eigenvalue weighted by Crippen LogP contribution is 2.35. The number of nitrogens with zero attached hydrogens (tertiary/aromatic N) is 1. The predicted octanol–water partition coefficient (Wildman–Crippen LogP) is 3.84. The Balaban J connectivity index is 1.81. The Bertz CT molecular complexity index is 432. The third-order valence-electron chi connectivity index (χ3n) is 3.98. The van der Waals surface area contributed by atoms with E-state index < -0.39 is 0 Å². The number of amides is 1. The highest BCUT2D eigenvalue weighted by atomic mass is 127. The van der Waals surface area contributed by atoms with Gasteiger partial charge in [0.15, 0.2) is 0 Å². The Morgan fingerprint density at radius 2 is 1.56 bits per heavy atom. The van der Waals surface area contributed by atoms with Crippen molar-refractivity contribution < 1.29 is 4.79 Å². The first-order valence-electron chi connectivity index (χ1n) is 6.84. The second-order valence-corrected chi connectivity index (χ2v) is 6.63. The minimum atomic E-state index is 0.251. The summed E-state index contributed by atoms with van der Waals surface area (Å²) in [6.07, 6.45) is 7.38. The fourth-order valence-electron chi connectivity index (χ4n) is 2.91. The molecule has 1 aromatic rings. The highest BCUT2D eigenvalue weighted by molar-refractivity contribution is 14.1. The van der Waals surface area contributed by atoms with E-state index in [1.54, 1.807) is 0 Å². The van der Waals surface area contributed by atoms with Crippen molar-refractivity contribution in [3.63, 3.8) is 0 Å². The van der Waals surface area contributed by atoms with E-state index in [0.29, 0.717) is 12.1 Å². The standard InChI is InChI=1S/C15H18INO/c16-12-7-5-11(6-8-12)15(18)17(14-9-10-14)13-3-1-2-4-13/h5-8,13-14H,1-4,9-10H2. The van der Waals surface area contributed by atoms with E-state index in [4.69, 9.17) is 0 Å². The molecule has 3 rings (SSSR count). The minimum Gasteiger partial charge on any atom is -0.333 e. The highest BCUT2D eigenvalue weighted by Gasteiger charge is 2.38. The molecule has 0 N–H and O–H groups in total. The number of hydrogen-bond acceptors (Lipinski definition) is 1. The summed E-state index contributed by atoms with van der Waals surface area (Å²) in [5, 5.41) is 0. The molecule has 1 aromatic carbocycles. The fraction of sp³-hybridized carbons (Fsp3) is 0.533. The van der Waals surface area contributed by atoms with Crippen LogP contribution in [-0.2, 0) is 0 Å². The molecule has 0 unspecified atom stereocenters. The predicted molar refractivity (Wildman–Crippen MR) is 80.6 cm³/mol. The normalized spacial score (nSPS) is 20.1. The van der Waals surface area contributed by atoms with Crippen LogP contribution in [0.4, 0.5) is 0 Å². The van der Waals surface area contributed by atoms with Crippen molar-refractivity contribution in [1.82, 2.24) is 4.90 Å². The van der Waals surface area contributed by atoms with Gasteiger partial charge in [0.2, 0.25) is 0 Å². The Hall–Kier alpha value is -0.580. The smallest absolute Gasteiger partial charge is 0.254 e. The zero-order valence-corrected chi connectivity index (χ0v) is 12.6. The second kappa shape index (κ2) is 5.19. The number of hydrogen-bond donors (Lipinski definition) is 0. The first-order valence-corrected chi connectivity index (χ1v) is 7.92. The Morgan fingerprint density at radius 3 is 2.11 bits per heavy atom. The fourth-order valence-corrected chi connectivity index (χ4v) is 3.27. The van der Waals surface area contributed by atoms with E-state index in [0.717, 1.165) is 5.56 Å². The van der Waals surface area contributed by atoms with Gasteiger partial charge in [-0.25, -0.2) is 0 Å². The van der Waals surface area contributed by atoms with Crippen LogP contribution in [-0.4, -0.2) is 22.9 Å². The molecule has 1 amide bonds. The van der Waals surface area contributed by atoms with Gasteiger partial charge in [-0.05, 0) is 72.5 Å². The Morgan fingerprint density at radius 1 is 1.00 bits per heavy atom. The van der Waals surface area contributed by atoms with Crippen molar-refractivity contribution in [3.8, 4) is 0 Å². The summed E-state index contributed by atoms with van der Waals surface area (Å²) in [5.74, 6) is 0.251. The molecule has 0 atom stereocenters. The second-order valence-electron chi connectivity index (χ2n) is 5.39. The topological polar surface area (TPSA) is 20.3 Å². The van der Waals surface area contributed by atoms with E-state index in [9.17, 15) is 4.79 Å². The van der Waals surface area contributed by atoms with Crippen LogP contribution in [0.1, 0.15) is 48.9 Å². The first-order chi connectivity index (χ1) is 8.75. The van der Waals surface area contributed by atoms with Gasteiger partial charge in [-0.3, -0.25) is 4.79 Å². The first kappa shape index (κ1) is 12.5. The van der Waals surface area contributed by atoms with Gasteiger partial charge in [0.05, 0.1) is 0 Å². The zero-order valence-electron chi connectivity index (χ0n) is 10.4. The lowest BCUT2D eigenvalue weighted by Gasteiger charge is -2.29. The van der Waals surface area contributed by atoms with Crippen molar-refractivity contribution in [2.24, 2.45) is 0 Å². The van der Waals surface area contributed by atoms with Crippen molar-refractivity contribution in [1.29, 1.82) is 0 Å². The number of rotatable bonds is 3. The van der Waals surface area contributed by atoms with E-state index in [1.165, 1.54) is 42.1 Å². The summed E-state index contributed by atoms with van der Waals surface area (Å²) >= 11 is 2.28. The van der Waals surface area contributed by atoms with E-state index in [1.807, 2.05) is 24.3 Å². The minimum absolute atomic E-state index is 0.251. The Kier molecular flexibility index (Phi) is 3.59. The van der Waals surface area contributed by atoms with Gasteiger partial charge in [0.1, 0.15) is 0 Å². The van der Waals surface area contributed by atoms with Crippen molar-refractivity contribution in [2.75, 3.05) is 0 Å². The van der Waals surface area contributed by atoms with Gasteiger partial charge in [-0.1, -0.05) is 12.8 Å². The molecule has 2 aliphatic carbocycles. The summed E-state index contributed by atoms with van der Waals surface area (Å²) in [5.41, 5.74) is 0.856. The average Bonchev–Trinajstić information content (AvgIpc) is 3.05. The third kappa shape index (κ3) is 2.56. The van der Waals surface area contributed by atoms with Crippen molar-refractivity contribution in [2.45, 2.75) is 50.6 Å². The van der Waals surface area contributed by atoms with Crippen LogP contribution in [0.2, 0.25) is 0 Å². The number of carbonyl (C=O) groups is 1. The molecule has 0 bridgehead atoms. The molecule has 0 saturated heterocycles. The SMILES string of the molecule is O=C(c1ccc(I)cc1)N(C1CCCC1)C1CC1. The molecular formula is C15H18INO. The maximum atomic E-state index is 12.6. The van der Waals surface area contributed by atoms with Crippen LogP contribution in [0.5, 0.6) is 0 Å². The summed E-state index contributed by atoms with van der Waals surface area (Å²) < 4.78 is 1.18. The summed E-state index contributed by atoms with van der Waals surface area (Å²) in [7, 11) is 0. The van der Waals surface area contributed by atoms with Crippen LogP contribution in [0.15, 0.2) is 24.3 Å². The largest absolute Gasteiger partial charge is 0.333 e. The number of halogens is 1. The lowest BCUT2D eigenvalue weighted by atomic mass is 10.1. The van der Waals surface area contributed by atoms with Gasteiger partial charge >= 0.3 is 0 Å². The van der Waals surface area contributed by atoms with E-state index in [-0.39, 0.29) is 5.91 Å². The van der Waals surface area contributed by atoms with Gasteiger partial charge in [0.25, 0.3) is 5.91 Å². The van der Waals surface area contributed by atoms with Crippen LogP contribution in [0.25, 0.3) is 0 Å². The maximum Gasteiger partial charge on any atom is 0.254 e. The van der Waals surface area contributed by atoms with E-state index >= 15 is 0 Å². The van der Waals surface area contributed by atoms with Gasteiger partial charge in [-0.15, -0.1) is 0 Å². The molecule has 0 heterocycles. The molecule has 2 nitrogen and oxygen atoms in total. The lowest BCUT2D eigenvalue weighted by Crippen LogP contribution is -2.40. The van der Waals surface area contributed by atoms with Gasteiger partial charge < -0.3 is 4.90 Å². The van der Waals surface area contributed by atoms with Crippen molar-refractivity contribution in [3.05, 3.63) is 33.4 Å². The molecule has 3 heteroatoms. The molecule has 2 fully saturated rings. The van der Waals surface area contributed by atoms with E-state index in [2.05, 4.69) is 27.5 Å². The Labute approximate surface area is 122 Å². The van der Waals surface area contributed by atoms with Crippen LogP contribution < -0.4 is 0 Å². The lowest BCUT2D eigenvalue weighted by molar-refractivity contribution is 0.0664. The van der Waals surface area contributed by atoms with Crippen LogP contribution >= 0.6 is 22.6 Å². The average molecular weight is 355 g/mol. The zero-order chi connectivity index (χ0) is 12.5. The third-order valence-corrected chi connectivity index (χ3v) is 4.70. The maximum absolute atomic E-state index is 12.6. The summed E-state index contributed by atoms with van der Waals surface area (Å²) in [4.78, 5) is 14.8. The molecule has 2 aliphatic rings. The molecule has 0 radical (unpaired) electrons. The van der Waals surface area contributed by atoms with Crippen LogP contribution in [0, 0.1) is 3.57 Å². The molecule has 2 saturated carbocycles. The van der Waals surface area contributed by atoms with Crippen LogP contribution in [0.3, 0.4) is 0 Å². The monoisotopic (exact) mass is 355 g/mol. The number of benzene rings is 1.